The van der Waals surface area contributed by atoms with E-state index in [0.29, 0.717) is 34.8 Å². The standard InChI is InChI=1S/C27H36N6O2/c1-18(13-14-31-19(2)35-22-7-6-8-22)33-20-11-12-21(33)17-32(16-20)25(27(29)30-3)15-24(28)23-9-4-5-10-26(23)34/h4-5,9-10,13-15,20-22,34H,1,3,6-8,11-12,16-17,28-29H2,2H3/b14-13-,24-15-,27-25+,31-19?. The first-order valence-corrected chi connectivity index (χ1v) is 12.2. The fourth-order valence-electron chi connectivity index (χ4n) is 4.99. The molecule has 2 bridgehead atoms. The number of likely N-dealkylation sites (tertiary alicyclic amines) is 1. The largest absolute Gasteiger partial charge is 0.507 e. The van der Waals surface area contributed by atoms with Crippen LogP contribution in [0.15, 0.2) is 76.4 Å². The molecule has 3 fully saturated rings. The Labute approximate surface area is 207 Å². The van der Waals surface area contributed by atoms with Gasteiger partial charge in [0.15, 0.2) is 5.90 Å². The van der Waals surface area contributed by atoms with Crippen LogP contribution in [0.25, 0.3) is 5.70 Å². The second-order valence-corrected chi connectivity index (χ2v) is 9.37. The van der Waals surface area contributed by atoms with Crippen molar-refractivity contribution < 1.29 is 9.84 Å². The third kappa shape index (κ3) is 5.53. The average molecular weight is 477 g/mol. The molecule has 5 N–H and O–H groups in total. The molecule has 0 radical (unpaired) electrons. The van der Waals surface area contributed by atoms with E-state index >= 15 is 0 Å². The second-order valence-electron chi connectivity index (χ2n) is 9.37. The summed E-state index contributed by atoms with van der Waals surface area (Å²) in [7, 11) is 0. The number of rotatable bonds is 8. The predicted molar refractivity (Wildman–Crippen MR) is 141 cm³/mol. The fraction of sp³-hybridized carbons (Fsp3) is 0.407. The van der Waals surface area contributed by atoms with E-state index in [1.54, 1.807) is 30.5 Å². The van der Waals surface area contributed by atoms with E-state index in [-0.39, 0.29) is 17.8 Å². The molecule has 1 aromatic carbocycles. The van der Waals surface area contributed by atoms with Crippen LogP contribution in [0.5, 0.6) is 5.75 Å². The number of nitrogens with two attached hydrogens (primary N) is 2. The Kier molecular flexibility index (Phi) is 7.48. The van der Waals surface area contributed by atoms with E-state index in [1.807, 2.05) is 19.1 Å². The molecule has 1 aromatic rings. The van der Waals surface area contributed by atoms with Gasteiger partial charge in [0.1, 0.15) is 17.7 Å². The molecule has 1 saturated carbocycles. The zero-order valence-electron chi connectivity index (χ0n) is 20.4. The zero-order valence-corrected chi connectivity index (χ0v) is 20.4. The van der Waals surface area contributed by atoms with Gasteiger partial charge in [0, 0.05) is 55.3 Å². The summed E-state index contributed by atoms with van der Waals surface area (Å²) >= 11 is 0. The summed E-state index contributed by atoms with van der Waals surface area (Å²) in [4.78, 5) is 13.0. The van der Waals surface area contributed by atoms with Crippen LogP contribution in [0.1, 0.15) is 44.6 Å². The van der Waals surface area contributed by atoms with Gasteiger partial charge in [-0.25, -0.2) is 9.98 Å². The molecule has 8 nitrogen and oxygen atoms in total. The van der Waals surface area contributed by atoms with Gasteiger partial charge in [0.2, 0.25) is 0 Å². The van der Waals surface area contributed by atoms with Crippen LogP contribution >= 0.6 is 0 Å². The van der Waals surface area contributed by atoms with Crippen molar-refractivity contribution in [2.45, 2.75) is 57.2 Å². The molecule has 2 atom stereocenters. The number of aliphatic imine (C=N–C) groups is 2. The first kappa shape index (κ1) is 24.4. The lowest BCUT2D eigenvalue weighted by Crippen LogP contribution is -2.52. The van der Waals surface area contributed by atoms with E-state index in [0.717, 1.165) is 44.5 Å². The molecule has 2 aliphatic heterocycles. The van der Waals surface area contributed by atoms with Gasteiger partial charge in [0.25, 0.3) is 0 Å². The third-order valence-corrected chi connectivity index (χ3v) is 7.01. The number of aromatic hydroxyl groups is 1. The maximum absolute atomic E-state index is 10.2. The molecule has 35 heavy (non-hydrogen) atoms. The van der Waals surface area contributed by atoms with Gasteiger partial charge >= 0.3 is 0 Å². The van der Waals surface area contributed by atoms with Gasteiger partial charge < -0.3 is 31.1 Å². The molecule has 0 amide bonds. The number of para-hydroxylation sites is 1. The quantitative estimate of drug-likeness (QED) is 0.300. The summed E-state index contributed by atoms with van der Waals surface area (Å²) in [6.07, 6.45) is 11.4. The molecule has 4 rings (SSSR count). The number of phenolic OH excluding ortho intramolecular Hbond substituents is 1. The molecule has 186 valence electrons. The first-order valence-electron chi connectivity index (χ1n) is 12.2. The van der Waals surface area contributed by atoms with Crippen LogP contribution in [0.4, 0.5) is 0 Å². The van der Waals surface area contributed by atoms with Crippen molar-refractivity contribution in [1.82, 2.24) is 9.80 Å². The molecular weight excluding hydrogens is 440 g/mol. The number of fused-ring (bicyclic) bond motifs is 2. The smallest absolute Gasteiger partial charge is 0.184 e. The highest BCUT2D eigenvalue weighted by Gasteiger charge is 2.40. The maximum Gasteiger partial charge on any atom is 0.184 e. The molecule has 1 aliphatic carbocycles. The number of hydrogen-bond donors (Lipinski definition) is 3. The van der Waals surface area contributed by atoms with E-state index in [9.17, 15) is 5.11 Å². The lowest BCUT2D eigenvalue weighted by atomic mass is 9.96. The molecule has 3 aliphatic rings. The third-order valence-electron chi connectivity index (χ3n) is 7.01. The van der Waals surface area contributed by atoms with Crippen molar-refractivity contribution in [3.8, 4) is 5.75 Å². The summed E-state index contributed by atoms with van der Waals surface area (Å²) < 4.78 is 5.80. The topological polar surface area (TPSA) is 113 Å². The molecule has 8 heteroatoms. The lowest BCUT2D eigenvalue weighted by Gasteiger charge is -2.44. The van der Waals surface area contributed by atoms with Crippen LogP contribution in [0.3, 0.4) is 0 Å². The fourth-order valence-corrected chi connectivity index (χ4v) is 4.99. The SMILES string of the molecule is C=N/C(N)=C(\C=C(/N)c1ccccc1O)N1CC2CCC(C1)N2C(=C)/C=C\N=C(C)OC1CCC1. The van der Waals surface area contributed by atoms with Crippen LogP contribution in [-0.4, -0.2) is 58.8 Å². The maximum atomic E-state index is 10.2. The van der Waals surface area contributed by atoms with E-state index in [4.69, 9.17) is 16.2 Å². The number of piperazine rings is 1. The lowest BCUT2D eigenvalue weighted by molar-refractivity contribution is 0.107. The van der Waals surface area contributed by atoms with Gasteiger partial charge in [-0.05, 0) is 63.1 Å². The van der Waals surface area contributed by atoms with Crippen molar-refractivity contribution in [2.75, 3.05) is 13.1 Å². The summed E-state index contributed by atoms with van der Waals surface area (Å²) in [5.41, 5.74) is 15.2. The van der Waals surface area contributed by atoms with Crippen LogP contribution in [0, 0.1) is 0 Å². The van der Waals surface area contributed by atoms with Crippen molar-refractivity contribution in [3.63, 3.8) is 0 Å². The van der Waals surface area contributed by atoms with Crippen molar-refractivity contribution in [1.29, 1.82) is 0 Å². The Balaban J connectivity index is 1.46. The van der Waals surface area contributed by atoms with Crippen molar-refractivity contribution in [2.24, 2.45) is 21.5 Å². The number of hydrogen-bond acceptors (Lipinski definition) is 8. The summed E-state index contributed by atoms with van der Waals surface area (Å²) in [5, 5.41) is 10.2. The van der Waals surface area contributed by atoms with Gasteiger partial charge in [-0.15, -0.1) is 0 Å². The normalized spacial score (nSPS) is 23.8. The summed E-state index contributed by atoms with van der Waals surface area (Å²) in [5.74, 6) is 1.13. The predicted octanol–water partition coefficient (Wildman–Crippen LogP) is 3.68. The van der Waals surface area contributed by atoms with E-state index < -0.39 is 0 Å². The average Bonchev–Trinajstić information content (AvgIpc) is 3.09. The second kappa shape index (κ2) is 10.7. The van der Waals surface area contributed by atoms with Crippen LogP contribution in [-0.2, 0) is 4.74 Å². The minimum atomic E-state index is 0.120. The molecule has 2 unspecified atom stereocenters. The van der Waals surface area contributed by atoms with Gasteiger partial charge in [0.05, 0.1) is 5.70 Å². The number of ether oxygens (including phenoxy) is 1. The highest BCUT2D eigenvalue weighted by atomic mass is 16.5. The number of phenols is 1. The zero-order chi connectivity index (χ0) is 24.9. The van der Waals surface area contributed by atoms with E-state index in [2.05, 4.69) is 33.1 Å². The number of nitrogens with zero attached hydrogens (tertiary/aromatic N) is 4. The number of benzene rings is 1. The van der Waals surface area contributed by atoms with Gasteiger partial charge in [-0.2, -0.15) is 0 Å². The Morgan fingerprint density at radius 3 is 2.43 bits per heavy atom. The highest BCUT2D eigenvalue weighted by Crippen LogP contribution is 2.36. The molecule has 2 saturated heterocycles. The molecule has 2 heterocycles. The molecular formula is C27H36N6O2. The minimum Gasteiger partial charge on any atom is -0.507 e. The van der Waals surface area contributed by atoms with Crippen molar-refractivity contribution >= 4 is 18.3 Å². The van der Waals surface area contributed by atoms with Gasteiger partial charge in [-0.3, -0.25) is 0 Å². The molecule has 0 aromatic heterocycles. The Hall–Kier alpha value is -3.68. The minimum absolute atomic E-state index is 0.120. The number of allylic oxidation sites excluding steroid dienone is 2. The monoisotopic (exact) mass is 476 g/mol. The van der Waals surface area contributed by atoms with E-state index in [1.165, 1.54) is 6.42 Å². The van der Waals surface area contributed by atoms with Crippen LogP contribution < -0.4 is 11.5 Å². The molecule has 0 spiro atoms. The Morgan fingerprint density at radius 2 is 1.83 bits per heavy atom. The first-order chi connectivity index (χ1) is 16.9. The summed E-state index contributed by atoms with van der Waals surface area (Å²) in [6, 6.07) is 7.55. The summed E-state index contributed by atoms with van der Waals surface area (Å²) in [6.45, 7) is 11.3. The highest BCUT2D eigenvalue weighted by molar-refractivity contribution is 5.74. The Bertz CT molecular complexity index is 1070. The Morgan fingerprint density at radius 1 is 1.14 bits per heavy atom. The van der Waals surface area contributed by atoms with Gasteiger partial charge in [-0.1, -0.05) is 18.7 Å². The van der Waals surface area contributed by atoms with Crippen molar-refractivity contribution in [3.05, 3.63) is 72.0 Å². The van der Waals surface area contributed by atoms with Crippen LogP contribution in [0.2, 0.25) is 0 Å².